The lowest BCUT2D eigenvalue weighted by Crippen LogP contribution is -2.30. The summed E-state index contributed by atoms with van der Waals surface area (Å²) >= 11 is 0. The Hall–Kier alpha value is -3.08. The lowest BCUT2D eigenvalue weighted by Gasteiger charge is -2.18. The minimum Gasteiger partial charge on any atom is -0.497 e. The lowest BCUT2D eigenvalue weighted by atomic mass is 10.1. The Labute approximate surface area is 145 Å². The molecule has 4 nitrogen and oxygen atoms in total. The van der Waals surface area contributed by atoms with Crippen molar-refractivity contribution in [3.63, 3.8) is 0 Å². The van der Waals surface area contributed by atoms with Gasteiger partial charge >= 0.3 is 0 Å². The number of ether oxygens (including phenoxy) is 1. The van der Waals surface area contributed by atoms with Crippen LogP contribution in [0.1, 0.15) is 17.2 Å². The Balaban J connectivity index is 1.72. The highest BCUT2D eigenvalue weighted by atomic mass is 19.1. The molecule has 0 radical (unpaired) electrons. The first-order chi connectivity index (χ1) is 12.2. The lowest BCUT2D eigenvalue weighted by molar-refractivity contribution is -0.120. The van der Waals surface area contributed by atoms with Crippen LogP contribution < -0.4 is 9.64 Å². The van der Waals surface area contributed by atoms with Crippen molar-refractivity contribution in [3.05, 3.63) is 83.9 Å². The average molecular weight is 336 g/mol. The van der Waals surface area contributed by atoms with E-state index in [1.807, 2.05) is 53.4 Å². The molecule has 0 aliphatic carbocycles. The van der Waals surface area contributed by atoms with Gasteiger partial charge in [-0.15, -0.1) is 0 Å². The zero-order valence-corrected chi connectivity index (χ0v) is 13.7. The zero-order valence-electron chi connectivity index (χ0n) is 13.7. The van der Waals surface area contributed by atoms with Gasteiger partial charge in [0, 0.05) is 18.0 Å². The molecule has 2 heterocycles. The van der Waals surface area contributed by atoms with Crippen LogP contribution in [-0.4, -0.2) is 17.6 Å². The summed E-state index contributed by atoms with van der Waals surface area (Å²) in [5, 5.41) is 0. The molecule has 0 spiro atoms. The number of anilines is 1. The third-order valence-corrected chi connectivity index (χ3v) is 4.50. The SMILES string of the molecule is COc1ccc(CN2C(=O)C(n3cccc3)c3cc(F)ccc32)cc1. The van der Waals surface area contributed by atoms with Crippen LogP contribution in [0.4, 0.5) is 10.1 Å². The number of aromatic nitrogens is 1. The maximum absolute atomic E-state index is 13.8. The second-order valence-corrected chi connectivity index (χ2v) is 6.01. The van der Waals surface area contributed by atoms with Crippen molar-refractivity contribution in [2.45, 2.75) is 12.6 Å². The molecule has 3 aromatic rings. The number of benzene rings is 2. The first-order valence-corrected chi connectivity index (χ1v) is 8.03. The minimum absolute atomic E-state index is 0.0624. The van der Waals surface area contributed by atoms with E-state index in [9.17, 15) is 9.18 Å². The number of carbonyl (C=O) groups is 1. The molecule has 5 heteroatoms. The van der Waals surface area contributed by atoms with E-state index >= 15 is 0 Å². The van der Waals surface area contributed by atoms with Crippen LogP contribution in [-0.2, 0) is 11.3 Å². The van der Waals surface area contributed by atoms with E-state index in [1.54, 1.807) is 18.1 Å². The van der Waals surface area contributed by atoms with E-state index in [1.165, 1.54) is 12.1 Å². The number of hydrogen-bond donors (Lipinski definition) is 0. The van der Waals surface area contributed by atoms with Gasteiger partial charge in [-0.25, -0.2) is 4.39 Å². The fourth-order valence-electron chi connectivity index (χ4n) is 3.27. The highest BCUT2D eigenvalue weighted by Crippen LogP contribution is 2.39. The average Bonchev–Trinajstić information content (AvgIpc) is 3.23. The first-order valence-electron chi connectivity index (χ1n) is 8.03. The van der Waals surface area contributed by atoms with Gasteiger partial charge in [-0.05, 0) is 48.0 Å². The van der Waals surface area contributed by atoms with Crippen LogP contribution >= 0.6 is 0 Å². The van der Waals surface area contributed by atoms with Gasteiger partial charge in [-0.3, -0.25) is 4.79 Å². The minimum atomic E-state index is -0.529. The second kappa shape index (κ2) is 6.09. The molecule has 0 fully saturated rings. The Morgan fingerprint density at radius 2 is 1.80 bits per heavy atom. The summed E-state index contributed by atoms with van der Waals surface area (Å²) in [6.45, 7) is 0.430. The predicted octanol–water partition coefficient (Wildman–Crippen LogP) is 3.77. The summed E-state index contributed by atoms with van der Waals surface area (Å²) in [5.41, 5.74) is 2.42. The standard InChI is InChI=1S/C20H17FN2O2/c1-25-16-7-4-14(5-8-16)13-23-18-9-6-15(21)12-17(18)19(20(23)24)22-10-2-3-11-22/h2-12,19H,13H2,1H3. The molecule has 0 bridgehead atoms. The summed E-state index contributed by atoms with van der Waals surface area (Å²) in [4.78, 5) is 14.8. The topological polar surface area (TPSA) is 34.5 Å². The third kappa shape index (κ3) is 2.67. The van der Waals surface area contributed by atoms with Gasteiger partial charge in [-0.2, -0.15) is 0 Å². The van der Waals surface area contributed by atoms with Gasteiger partial charge in [-0.1, -0.05) is 12.1 Å². The van der Waals surface area contributed by atoms with Crippen LogP contribution in [0.3, 0.4) is 0 Å². The molecule has 0 saturated heterocycles. The van der Waals surface area contributed by atoms with Crippen molar-refractivity contribution in [1.29, 1.82) is 0 Å². The Bertz CT molecular complexity index is 904. The zero-order chi connectivity index (χ0) is 17.4. The van der Waals surface area contributed by atoms with Crippen LogP contribution in [0.15, 0.2) is 67.0 Å². The predicted molar refractivity (Wildman–Crippen MR) is 93.2 cm³/mol. The molecule has 1 aliphatic heterocycles. The van der Waals surface area contributed by atoms with Crippen LogP contribution in [0.25, 0.3) is 0 Å². The van der Waals surface area contributed by atoms with Gasteiger partial charge in [0.15, 0.2) is 0 Å². The van der Waals surface area contributed by atoms with E-state index in [-0.39, 0.29) is 11.7 Å². The van der Waals surface area contributed by atoms with E-state index in [0.29, 0.717) is 12.1 Å². The summed E-state index contributed by atoms with van der Waals surface area (Å²) in [6.07, 6.45) is 3.66. The summed E-state index contributed by atoms with van der Waals surface area (Å²) in [5.74, 6) is 0.367. The molecule has 1 aromatic heterocycles. The van der Waals surface area contributed by atoms with Crippen molar-refractivity contribution >= 4 is 11.6 Å². The van der Waals surface area contributed by atoms with Gasteiger partial charge in [0.25, 0.3) is 5.91 Å². The molecule has 4 rings (SSSR count). The van der Waals surface area contributed by atoms with Crippen molar-refractivity contribution in [1.82, 2.24) is 4.57 Å². The monoisotopic (exact) mass is 336 g/mol. The summed E-state index contributed by atoms with van der Waals surface area (Å²) in [6, 6.07) is 15.3. The number of nitrogens with zero attached hydrogens (tertiary/aromatic N) is 2. The summed E-state index contributed by atoms with van der Waals surface area (Å²) < 4.78 is 20.8. The first kappa shape index (κ1) is 15.4. The van der Waals surface area contributed by atoms with Crippen molar-refractivity contribution in [2.75, 3.05) is 12.0 Å². The summed E-state index contributed by atoms with van der Waals surface area (Å²) in [7, 11) is 1.62. The number of carbonyl (C=O) groups excluding carboxylic acids is 1. The fraction of sp³-hybridized carbons (Fsp3) is 0.150. The van der Waals surface area contributed by atoms with Crippen LogP contribution in [0, 0.1) is 5.82 Å². The largest absolute Gasteiger partial charge is 0.497 e. The number of methoxy groups -OCH3 is 1. The molecule has 0 N–H and O–H groups in total. The molecule has 1 unspecified atom stereocenters. The smallest absolute Gasteiger partial charge is 0.255 e. The molecule has 126 valence electrons. The van der Waals surface area contributed by atoms with E-state index in [4.69, 9.17) is 4.74 Å². The maximum atomic E-state index is 13.8. The quantitative estimate of drug-likeness (QED) is 0.727. The molecule has 0 saturated carbocycles. The number of rotatable bonds is 4. The molecule has 25 heavy (non-hydrogen) atoms. The number of amides is 1. The molecular weight excluding hydrogens is 319 g/mol. The Morgan fingerprint density at radius 3 is 2.48 bits per heavy atom. The number of halogens is 1. The molecular formula is C20H17FN2O2. The van der Waals surface area contributed by atoms with Gasteiger partial charge in [0.2, 0.25) is 0 Å². The van der Waals surface area contributed by atoms with E-state index < -0.39 is 6.04 Å². The van der Waals surface area contributed by atoms with Crippen LogP contribution in [0.5, 0.6) is 5.75 Å². The van der Waals surface area contributed by atoms with Gasteiger partial charge < -0.3 is 14.2 Å². The van der Waals surface area contributed by atoms with Crippen molar-refractivity contribution in [3.8, 4) is 5.75 Å². The highest BCUT2D eigenvalue weighted by Gasteiger charge is 2.38. The Kier molecular flexibility index (Phi) is 3.76. The third-order valence-electron chi connectivity index (χ3n) is 4.50. The van der Waals surface area contributed by atoms with Gasteiger partial charge in [0.1, 0.15) is 17.6 Å². The van der Waals surface area contributed by atoms with Crippen molar-refractivity contribution in [2.24, 2.45) is 0 Å². The number of fused-ring (bicyclic) bond motifs is 1. The van der Waals surface area contributed by atoms with Gasteiger partial charge in [0.05, 0.1) is 19.3 Å². The molecule has 1 atom stereocenters. The maximum Gasteiger partial charge on any atom is 0.255 e. The normalized spacial score (nSPS) is 16.2. The number of hydrogen-bond acceptors (Lipinski definition) is 2. The molecule has 1 amide bonds. The fourth-order valence-corrected chi connectivity index (χ4v) is 3.27. The molecule has 2 aromatic carbocycles. The highest BCUT2D eigenvalue weighted by molar-refractivity contribution is 6.04. The van der Waals surface area contributed by atoms with E-state index in [2.05, 4.69) is 0 Å². The van der Waals surface area contributed by atoms with Crippen LogP contribution in [0.2, 0.25) is 0 Å². The molecule has 1 aliphatic rings. The van der Waals surface area contributed by atoms with Crippen molar-refractivity contribution < 1.29 is 13.9 Å². The second-order valence-electron chi connectivity index (χ2n) is 6.01. The van der Waals surface area contributed by atoms with E-state index in [0.717, 1.165) is 17.0 Å². The Morgan fingerprint density at radius 1 is 1.08 bits per heavy atom.